The summed E-state index contributed by atoms with van der Waals surface area (Å²) in [7, 11) is 0. The lowest BCUT2D eigenvalue weighted by molar-refractivity contribution is -0.384. The van der Waals surface area contributed by atoms with Crippen LogP contribution in [0, 0.1) is 10.1 Å². The van der Waals surface area contributed by atoms with Gasteiger partial charge in [0, 0.05) is 42.7 Å². The number of non-ortho nitro benzene ring substituents is 1. The number of nitrogens with zero attached hydrogens (tertiary/aromatic N) is 4. The molecule has 0 saturated carbocycles. The van der Waals surface area contributed by atoms with Crippen LogP contribution in [0.5, 0.6) is 0 Å². The van der Waals surface area contributed by atoms with E-state index in [0.717, 1.165) is 23.2 Å². The number of rotatable bonds is 5. The van der Waals surface area contributed by atoms with E-state index in [1.165, 1.54) is 18.2 Å². The van der Waals surface area contributed by atoms with Gasteiger partial charge in [-0.05, 0) is 30.2 Å². The van der Waals surface area contributed by atoms with Gasteiger partial charge in [0.25, 0.3) is 11.2 Å². The second kappa shape index (κ2) is 6.49. The largest absolute Gasteiger partial charge is 0.313 e. The minimum Gasteiger partial charge on any atom is -0.313 e. The second-order valence-electron chi connectivity index (χ2n) is 5.40. The number of hydrogen-bond donors (Lipinski definition) is 0. The van der Waals surface area contributed by atoms with Gasteiger partial charge in [-0.2, -0.15) is 5.10 Å². The summed E-state index contributed by atoms with van der Waals surface area (Å²) in [5, 5.41) is 15.0. The molecule has 2 heterocycles. The predicted octanol–water partition coefficient (Wildman–Crippen LogP) is 3.02. The monoisotopic (exact) mass is 324 g/mol. The van der Waals surface area contributed by atoms with Gasteiger partial charge in [0.15, 0.2) is 0 Å². The quantitative estimate of drug-likeness (QED) is 0.533. The van der Waals surface area contributed by atoms with Crippen LogP contribution in [0.4, 0.5) is 5.69 Å². The topological polar surface area (TPSA) is 83.0 Å². The number of benzene rings is 1. The molecule has 0 atom stereocenters. The molecule has 0 unspecified atom stereocenters. The fourth-order valence-electron chi connectivity index (χ4n) is 2.46. The average Bonchev–Trinajstić information content (AvgIpc) is 3.07. The molecular weight excluding hydrogens is 308 g/mol. The van der Waals surface area contributed by atoms with Gasteiger partial charge in [0.2, 0.25) is 0 Å². The summed E-state index contributed by atoms with van der Waals surface area (Å²) in [4.78, 5) is 22.1. The van der Waals surface area contributed by atoms with Gasteiger partial charge in [-0.3, -0.25) is 14.9 Å². The van der Waals surface area contributed by atoms with Gasteiger partial charge in [-0.25, -0.2) is 4.68 Å². The molecule has 0 amide bonds. The maximum atomic E-state index is 11.8. The van der Waals surface area contributed by atoms with E-state index >= 15 is 0 Å². The van der Waals surface area contributed by atoms with E-state index in [4.69, 9.17) is 0 Å². The Labute approximate surface area is 137 Å². The van der Waals surface area contributed by atoms with Crippen LogP contribution in [0.3, 0.4) is 0 Å². The van der Waals surface area contributed by atoms with E-state index < -0.39 is 4.92 Å². The maximum absolute atomic E-state index is 11.8. The Bertz CT molecular complexity index is 926. The molecule has 0 fully saturated rings. The lowest BCUT2D eigenvalue weighted by atomic mass is 10.1. The van der Waals surface area contributed by atoms with Crippen molar-refractivity contribution in [2.75, 3.05) is 0 Å². The Kier molecular flexibility index (Phi) is 4.24. The zero-order valence-corrected chi connectivity index (χ0v) is 13.1. The first kappa shape index (κ1) is 15.7. The van der Waals surface area contributed by atoms with Crippen molar-refractivity contribution in [1.29, 1.82) is 0 Å². The highest BCUT2D eigenvalue weighted by molar-refractivity contribution is 5.63. The zero-order chi connectivity index (χ0) is 17.1. The standard InChI is InChI=1S/C17H16N4O3/c1-2-9-19-12-16(7-8-17(19)22)20-11-14(10-18-20)13-3-5-15(6-4-13)21(23)24/h3-8,10-12H,2,9H2,1H3. The third kappa shape index (κ3) is 3.10. The first-order valence-corrected chi connectivity index (χ1v) is 7.59. The van der Waals surface area contributed by atoms with E-state index in [-0.39, 0.29) is 11.2 Å². The molecule has 0 bridgehead atoms. The number of hydrogen-bond acceptors (Lipinski definition) is 4. The van der Waals surface area contributed by atoms with Crippen LogP contribution in [0.15, 0.2) is 59.8 Å². The van der Waals surface area contributed by atoms with Crippen LogP contribution in [0.2, 0.25) is 0 Å². The normalized spacial score (nSPS) is 10.7. The molecular formula is C17H16N4O3. The van der Waals surface area contributed by atoms with Crippen LogP contribution in [-0.2, 0) is 6.54 Å². The van der Waals surface area contributed by atoms with Gasteiger partial charge in [-0.15, -0.1) is 0 Å². The smallest absolute Gasteiger partial charge is 0.269 e. The summed E-state index contributed by atoms with van der Waals surface area (Å²) < 4.78 is 3.34. The van der Waals surface area contributed by atoms with Gasteiger partial charge in [-0.1, -0.05) is 6.92 Å². The Hall–Kier alpha value is -3.22. The maximum Gasteiger partial charge on any atom is 0.269 e. The molecule has 0 aliphatic heterocycles. The molecule has 2 aromatic heterocycles. The minimum atomic E-state index is -0.426. The van der Waals surface area contributed by atoms with E-state index in [1.807, 2.05) is 13.1 Å². The number of nitro groups is 1. The van der Waals surface area contributed by atoms with Gasteiger partial charge in [0.05, 0.1) is 16.8 Å². The number of aromatic nitrogens is 3. The van der Waals surface area contributed by atoms with Crippen molar-refractivity contribution >= 4 is 5.69 Å². The van der Waals surface area contributed by atoms with Crippen molar-refractivity contribution < 1.29 is 4.92 Å². The van der Waals surface area contributed by atoms with E-state index in [9.17, 15) is 14.9 Å². The fraction of sp³-hybridized carbons (Fsp3) is 0.176. The molecule has 1 aromatic carbocycles. The Morgan fingerprint density at radius 3 is 2.50 bits per heavy atom. The van der Waals surface area contributed by atoms with Crippen molar-refractivity contribution in [3.8, 4) is 16.8 Å². The van der Waals surface area contributed by atoms with Crippen molar-refractivity contribution in [3.63, 3.8) is 0 Å². The first-order valence-electron chi connectivity index (χ1n) is 7.59. The summed E-state index contributed by atoms with van der Waals surface area (Å²) in [6, 6.07) is 9.57. The Morgan fingerprint density at radius 1 is 1.08 bits per heavy atom. The minimum absolute atomic E-state index is 0.0386. The van der Waals surface area contributed by atoms with Crippen LogP contribution in [0.25, 0.3) is 16.8 Å². The third-order valence-electron chi connectivity index (χ3n) is 3.69. The molecule has 0 saturated heterocycles. The highest BCUT2D eigenvalue weighted by Gasteiger charge is 2.08. The van der Waals surface area contributed by atoms with Crippen molar-refractivity contribution in [2.45, 2.75) is 19.9 Å². The highest BCUT2D eigenvalue weighted by Crippen LogP contribution is 2.22. The Morgan fingerprint density at radius 2 is 1.83 bits per heavy atom. The summed E-state index contributed by atoms with van der Waals surface area (Å²) in [6.45, 7) is 2.67. The molecule has 0 aliphatic carbocycles. The molecule has 0 N–H and O–H groups in total. The van der Waals surface area contributed by atoms with E-state index in [2.05, 4.69) is 5.10 Å². The third-order valence-corrected chi connectivity index (χ3v) is 3.69. The first-order chi connectivity index (χ1) is 11.6. The van der Waals surface area contributed by atoms with Crippen LogP contribution in [-0.4, -0.2) is 19.3 Å². The van der Waals surface area contributed by atoms with Crippen molar-refractivity contribution in [1.82, 2.24) is 14.3 Å². The molecule has 3 rings (SSSR count). The summed E-state index contributed by atoms with van der Waals surface area (Å²) in [6.07, 6.45) is 6.17. The predicted molar refractivity (Wildman–Crippen MR) is 90.2 cm³/mol. The number of nitro benzene ring substituents is 1. The van der Waals surface area contributed by atoms with Gasteiger partial charge >= 0.3 is 0 Å². The molecule has 0 spiro atoms. The van der Waals surface area contributed by atoms with Crippen molar-refractivity contribution in [3.05, 3.63) is 75.5 Å². The Balaban J connectivity index is 1.91. The molecule has 122 valence electrons. The van der Waals surface area contributed by atoms with Crippen molar-refractivity contribution in [2.24, 2.45) is 0 Å². The lowest BCUT2D eigenvalue weighted by Gasteiger charge is -2.06. The fourth-order valence-corrected chi connectivity index (χ4v) is 2.46. The number of aryl methyl sites for hydroxylation is 1. The zero-order valence-electron chi connectivity index (χ0n) is 13.1. The van der Waals surface area contributed by atoms with Crippen LogP contribution < -0.4 is 5.56 Å². The van der Waals surface area contributed by atoms with E-state index in [0.29, 0.717) is 6.54 Å². The number of pyridine rings is 1. The molecule has 7 nitrogen and oxygen atoms in total. The molecule has 24 heavy (non-hydrogen) atoms. The summed E-state index contributed by atoms with van der Waals surface area (Å²) in [5.41, 5.74) is 2.49. The van der Waals surface area contributed by atoms with Crippen LogP contribution >= 0.6 is 0 Å². The molecule has 0 radical (unpaired) electrons. The molecule has 7 heteroatoms. The van der Waals surface area contributed by atoms with Crippen LogP contribution in [0.1, 0.15) is 13.3 Å². The summed E-state index contributed by atoms with van der Waals surface area (Å²) in [5.74, 6) is 0. The highest BCUT2D eigenvalue weighted by atomic mass is 16.6. The average molecular weight is 324 g/mol. The molecule has 3 aromatic rings. The SMILES string of the molecule is CCCn1cc(-n2cc(-c3ccc([N+](=O)[O-])cc3)cn2)ccc1=O. The lowest BCUT2D eigenvalue weighted by Crippen LogP contribution is -2.19. The van der Waals surface area contributed by atoms with Gasteiger partial charge < -0.3 is 4.57 Å². The van der Waals surface area contributed by atoms with Gasteiger partial charge in [0.1, 0.15) is 0 Å². The van der Waals surface area contributed by atoms with E-state index in [1.54, 1.807) is 39.8 Å². The molecule has 0 aliphatic rings. The summed E-state index contributed by atoms with van der Waals surface area (Å²) >= 11 is 0. The second-order valence-corrected chi connectivity index (χ2v) is 5.40.